The molecule has 0 aliphatic rings. The lowest BCUT2D eigenvalue weighted by Gasteiger charge is -2.14. The van der Waals surface area contributed by atoms with Crippen molar-refractivity contribution < 1.29 is 4.74 Å². The third kappa shape index (κ3) is 2.49. The van der Waals surface area contributed by atoms with Crippen molar-refractivity contribution in [2.24, 2.45) is 0 Å². The molecule has 0 spiro atoms. The Hall–Kier alpha value is -1.06. The quantitative estimate of drug-likeness (QED) is 0.855. The SMILES string of the molecule is COCC(C)Nc1ccc2sccc2c1. The Morgan fingerprint density at radius 2 is 2.27 bits per heavy atom. The van der Waals surface area contributed by atoms with Gasteiger partial charge in [0.15, 0.2) is 0 Å². The molecule has 2 aromatic rings. The summed E-state index contributed by atoms with van der Waals surface area (Å²) in [6, 6.07) is 8.93. The molecular weight excluding hydrogens is 206 g/mol. The summed E-state index contributed by atoms with van der Waals surface area (Å²) in [5.41, 5.74) is 1.16. The molecule has 1 aromatic carbocycles. The van der Waals surface area contributed by atoms with Gasteiger partial charge in [-0.25, -0.2) is 0 Å². The van der Waals surface area contributed by atoms with Crippen molar-refractivity contribution in [3.8, 4) is 0 Å². The smallest absolute Gasteiger partial charge is 0.0661 e. The fraction of sp³-hybridized carbons (Fsp3) is 0.333. The second-order valence-corrected chi connectivity index (χ2v) is 4.62. The van der Waals surface area contributed by atoms with Crippen LogP contribution in [0.4, 0.5) is 5.69 Å². The summed E-state index contributed by atoms with van der Waals surface area (Å²) in [5.74, 6) is 0. The standard InChI is InChI=1S/C12H15NOS/c1-9(8-14-2)13-11-3-4-12-10(7-11)5-6-15-12/h3-7,9,13H,8H2,1-2H3. The highest BCUT2D eigenvalue weighted by atomic mass is 32.1. The van der Waals surface area contributed by atoms with Crippen LogP contribution in [0.2, 0.25) is 0 Å². The van der Waals surface area contributed by atoms with Gasteiger partial charge in [-0.15, -0.1) is 11.3 Å². The van der Waals surface area contributed by atoms with Gasteiger partial charge in [-0.1, -0.05) is 0 Å². The van der Waals surface area contributed by atoms with Crippen molar-refractivity contribution in [3.63, 3.8) is 0 Å². The Kier molecular flexibility index (Phi) is 3.23. The van der Waals surface area contributed by atoms with E-state index in [0.717, 1.165) is 12.3 Å². The highest BCUT2D eigenvalue weighted by Crippen LogP contribution is 2.24. The number of rotatable bonds is 4. The largest absolute Gasteiger partial charge is 0.383 e. The molecule has 80 valence electrons. The van der Waals surface area contributed by atoms with E-state index in [4.69, 9.17) is 4.74 Å². The predicted molar refractivity (Wildman–Crippen MR) is 66.8 cm³/mol. The first-order valence-corrected chi connectivity index (χ1v) is 5.90. The fourth-order valence-electron chi connectivity index (χ4n) is 1.63. The number of fused-ring (bicyclic) bond motifs is 1. The molecule has 0 amide bonds. The maximum absolute atomic E-state index is 5.09. The number of anilines is 1. The summed E-state index contributed by atoms with van der Waals surface area (Å²) in [6.45, 7) is 2.84. The molecular formula is C12H15NOS. The van der Waals surface area contributed by atoms with Crippen molar-refractivity contribution >= 4 is 27.1 Å². The average molecular weight is 221 g/mol. The van der Waals surface area contributed by atoms with Crippen LogP contribution in [0.25, 0.3) is 10.1 Å². The molecule has 1 aromatic heterocycles. The monoisotopic (exact) mass is 221 g/mol. The highest BCUT2D eigenvalue weighted by Gasteiger charge is 2.02. The Balaban J connectivity index is 2.14. The predicted octanol–water partition coefficient (Wildman–Crippen LogP) is 3.35. The van der Waals surface area contributed by atoms with Crippen LogP contribution >= 0.6 is 11.3 Å². The Morgan fingerprint density at radius 3 is 3.07 bits per heavy atom. The van der Waals surface area contributed by atoms with Crippen molar-refractivity contribution in [2.45, 2.75) is 13.0 Å². The van der Waals surface area contributed by atoms with Gasteiger partial charge in [0, 0.05) is 23.5 Å². The van der Waals surface area contributed by atoms with Gasteiger partial charge in [-0.3, -0.25) is 0 Å². The second kappa shape index (κ2) is 4.64. The van der Waals surface area contributed by atoms with Crippen molar-refractivity contribution in [3.05, 3.63) is 29.6 Å². The molecule has 1 unspecified atom stereocenters. The van der Waals surface area contributed by atoms with Crippen LogP contribution in [0.15, 0.2) is 29.6 Å². The van der Waals surface area contributed by atoms with Gasteiger partial charge >= 0.3 is 0 Å². The molecule has 0 fully saturated rings. The molecule has 15 heavy (non-hydrogen) atoms. The molecule has 1 heterocycles. The lowest BCUT2D eigenvalue weighted by molar-refractivity contribution is 0.190. The minimum absolute atomic E-state index is 0.339. The van der Waals surface area contributed by atoms with Crippen LogP contribution in [0.1, 0.15) is 6.92 Å². The van der Waals surface area contributed by atoms with Gasteiger partial charge in [-0.2, -0.15) is 0 Å². The van der Waals surface area contributed by atoms with Crippen molar-refractivity contribution in [2.75, 3.05) is 19.0 Å². The molecule has 2 nitrogen and oxygen atoms in total. The molecule has 1 atom stereocenters. The van der Waals surface area contributed by atoms with Gasteiger partial charge in [0.05, 0.1) is 6.61 Å². The minimum Gasteiger partial charge on any atom is -0.383 e. The van der Waals surface area contributed by atoms with E-state index in [1.54, 1.807) is 18.4 Å². The summed E-state index contributed by atoms with van der Waals surface area (Å²) < 4.78 is 6.42. The third-order valence-corrected chi connectivity index (χ3v) is 3.18. The summed E-state index contributed by atoms with van der Waals surface area (Å²) in [7, 11) is 1.72. The maximum Gasteiger partial charge on any atom is 0.0661 e. The van der Waals surface area contributed by atoms with Gasteiger partial charge in [0.2, 0.25) is 0 Å². The highest BCUT2D eigenvalue weighted by molar-refractivity contribution is 7.17. The van der Waals surface area contributed by atoms with Crippen LogP contribution in [-0.4, -0.2) is 19.8 Å². The molecule has 3 heteroatoms. The number of benzene rings is 1. The van der Waals surface area contributed by atoms with Gasteiger partial charge in [0.25, 0.3) is 0 Å². The number of methoxy groups -OCH3 is 1. The summed E-state index contributed by atoms with van der Waals surface area (Å²) in [6.07, 6.45) is 0. The first-order chi connectivity index (χ1) is 7.29. The average Bonchev–Trinajstić information content (AvgIpc) is 2.65. The maximum atomic E-state index is 5.09. The second-order valence-electron chi connectivity index (χ2n) is 3.67. The zero-order valence-electron chi connectivity index (χ0n) is 8.99. The number of ether oxygens (including phenoxy) is 1. The molecule has 0 radical (unpaired) electrons. The number of thiophene rings is 1. The molecule has 0 bridgehead atoms. The van der Waals surface area contributed by atoms with Crippen molar-refractivity contribution in [1.29, 1.82) is 0 Å². The van der Waals surface area contributed by atoms with Gasteiger partial charge in [-0.05, 0) is 42.0 Å². The van der Waals surface area contributed by atoms with E-state index in [1.165, 1.54) is 10.1 Å². The summed E-state index contributed by atoms with van der Waals surface area (Å²) in [5, 5.41) is 6.82. The molecule has 0 saturated carbocycles. The Labute approximate surface area is 93.9 Å². The van der Waals surface area contributed by atoms with Crippen LogP contribution in [0.5, 0.6) is 0 Å². The number of nitrogens with one attached hydrogen (secondary N) is 1. The lowest BCUT2D eigenvalue weighted by atomic mass is 10.2. The molecule has 2 rings (SSSR count). The Bertz CT molecular complexity index is 438. The van der Waals surface area contributed by atoms with E-state index in [9.17, 15) is 0 Å². The first-order valence-electron chi connectivity index (χ1n) is 5.02. The summed E-state index contributed by atoms with van der Waals surface area (Å²) in [4.78, 5) is 0. The first kappa shape index (κ1) is 10.5. The van der Waals surface area contributed by atoms with Gasteiger partial charge in [0.1, 0.15) is 0 Å². The van der Waals surface area contributed by atoms with Gasteiger partial charge < -0.3 is 10.1 Å². The Morgan fingerprint density at radius 1 is 1.40 bits per heavy atom. The van der Waals surface area contributed by atoms with E-state index in [2.05, 4.69) is 41.9 Å². The zero-order chi connectivity index (χ0) is 10.7. The van der Waals surface area contributed by atoms with E-state index < -0.39 is 0 Å². The molecule has 0 aliphatic heterocycles. The third-order valence-electron chi connectivity index (χ3n) is 2.28. The van der Waals surface area contributed by atoms with E-state index in [-0.39, 0.29) is 0 Å². The van der Waals surface area contributed by atoms with E-state index in [1.807, 2.05) is 0 Å². The molecule has 1 N–H and O–H groups in total. The van der Waals surface area contributed by atoms with E-state index >= 15 is 0 Å². The van der Waals surface area contributed by atoms with E-state index in [0.29, 0.717) is 6.04 Å². The number of hydrogen-bond acceptors (Lipinski definition) is 3. The normalized spacial score (nSPS) is 12.9. The summed E-state index contributed by atoms with van der Waals surface area (Å²) >= 11 is 1.77. The fourth-order valence-corrected chi connectivity index (χ4v) is 2.40. The lowest BCUT2D eigenvalue weighted by Crippen LogP contribution is -2.20. The van der Waals surface area contributed by atoms with Crippen LogP contribution in [0.3, 0.4) is 0 Å². The van der Waals surface area contributed by atoms with Crippen LogP contribution in [0, 0.1) is 0 Å². The van der Waals surface area contributed by atoms with Crippen LogP contribution in [-0.2, 0) is 4.74 Å². The topological polar surface area (TPSA) is 21.3 Å². The minimum atomic E-state index is 0.339. The van der Waals surface area contributed by atoms with Crippen LogP contribution < -0.4 is 5.32 Å². The molecule has 0 saturated heterocycles. The zero-order valence-corrected chi connectivity index (χ0v) is 9.80. The number of hydrogen-bond donors (Lipinski definition) is 1. The molecule has 0 aliphatic carbocycles. The van der Waals surface area contributed by atoms with Crippen molar-refractivity contribution in [1.82, 2.24) is 0 Å².